The SMILES string of the molecule is C=CCn1c(SCc2ccc([N+](=O)[O-])cc2)nnc1[C@@H](CC(C)C)NC(=O)c1ccc(Cl)cc1Cl. The molecule has 0 saturated heterocycles. The Hall–Kier alpha value is -2.88. The second kappa shape index (κ2) is 12.2. The number of carbonyl (C=O) groups excluding carboxylic acids is 1. The third kappa shape index (κ3) is 7.06. The molecule has 0 bridgehead atoms. The van der Waals surface area contributed by atoms with E-state index in [1.807, 2.05) is 4.57 Å². The fourth-order valence-corrected chi connectivity index (χ4v) is 4.84. The van der Waals surface area contributed by atoms with E-state index in [-0.39, 0.29) is 22.5 Å². The van der Waals surface area contributed by atoms with Gasteiger partial charge in [-0.1, -0.05) is 67.0 Å². The summed E-state index contributed by atoms with van der Waals surface area (Å²) in [6.07, 6.45) is 2.38. The Bertz CT molecular complexity index is 1210. The molecule has 0 saturated carbocycles. The molecule has 8 nitrogen and oxygen atoms in total. The van der Waals surface area contributed by atoms with E-state index >= 15 is 0 Å². The lowest BCUT2D eigenvalue weighted by Gasteiger charge is -2.21. The molecule has 1 N–H and O–H groups in total. The van der Waals surface area contributed by atoms with Crippen molar-refractivity contribution in [2.24, 2.45) is 5.92 Å². The number of hydrogen-bond donors (Lipinski definition) is 1. The van der Waals surface area contributed by atoms with Gasteiger partial charge in [0.2, 0.25) is 0 Å². The topological polar surface area (TPSA) is 103 Å². The van der Waals surface area contributed by atoms with Gasteiger partial charge >= 0.3 is 0 Å². The largest absolute Gasteiger partial charge is 0.342 e. The van der Waals surface area contributed by atoms with Gasteiger partial charge in [0.1, 0.15) is 0 Å². The van der Waals surface area contributed by atoms with Crippen LogP contribution in [0.3, 0.4) is 0 Å². The summed E-state index contributed by atoms with van der Waals surface area (Å²) >= 11 is 13.7. The van der Waals surface area contributed by atoms with E-state index in [1.165, 1.54) is 30.0 Å². The molecule has 3 aromatic rings. The molecular formula is C24H25Cl2N5O3S. The first kappa shape index (κ1) is 26.7. The second-order valence-corrected chi connectivity index (χ2v) is 10.0. The van der Waals surface area contributed by atoms with E-state index in [9.17, 15) is 14.9 Å². The Balaban J connectivity index is 1.84. The zero-order valence-electron chi connectivity index (χ0n) is 19.3. The summed E-state index contributed by atoms with van der Waals surface area (Å²) in [7, 11) is 0. The molecular weight excluding hydrogens is 509 g/mol. The molecule has 1 heterocycles. The van der Waals surface area contributed by atoms with E-state index in [2.05, 4.69) is 35.9 Å². The first-order valence-electron chi connectivity index (χ1n) is 10.9. The number of nitrogens with one attached hydrogen (secondary N) is 1. The number of carbonyl (C=O) groups is 1. The van der Waals surface area contributed by atoms with Gasteiger partial charge in [-0.15, -0.1) is 16.8 Å². The van der Waals surface area contributed by atoms with Crippen molar-refractivity contribution < 1.29 is 9.72 Å². The molecule has 0 spiro atoms. The van der Waals surface area contributed by atoms with Crippen LogP contribution in [0.5, 0.6) is 0 Å². The molecule has 0 fully saturated rings. The summed E-state index contributed by atoms with van der Waals surface area (Å²) < 4.78 is 1.92. The number of aromatic nitrogens is 3. The average molecular weight is 534 g/mol. The minimum Gasteiger partial charge on any atom is -0.342 e. The quantitative estimate of drug-likeness (QED) is 0.131. The summed E-state index contributed by atoms with van der Waals surface area (Å²) in [5.74, 6) is 1.11. The molecule has 11 heteroatoms. The van der Waals surface area contributed by atoms with Crippen molar-refractivity contribution in [2.75, 3.05) is 0 Å². The highest BCUT2D eigenvalue weighted by atomic mass is 35.5. The van der Waals surface area contributed by atoms with Crippen LogP contribution in [0.1, 0.15) is 48.1 Å². The Labute approximate surface area is 217 Å². The fraction of sp³-hybridized carbons (Fsp3) is 0.292. The average Bonchev–Trinajstić information content (AvgIpc) is 3.19. The summed E-state index contributed by atoms with van der Waals surface area (Å²) in [5, 5.41) is 24.1. The third-order valence-electron chi connectivity index (χ3n) is 5.07. The first-order valence-corrected chi connectivity index (χ1v) is 12.6. The molecule has 35 heavy (non-hydrogen) atoms. The minimum absolute atomic E-state index is 0.0453. The van der Waals surface area contributed by atoms with Crippen LogP contribution in [0.25, 0.3) is 0 Å². The molecule has 2 aromatic carbocycles. The van der Waals surface area contributed by atoms with Crippen LogP contribution < -0.4 is 5.32 Å². The molecule has 0 aliphatic rings. The van der Waals surface area contributed by atoms with Crippen molar-refractivity contribution in [3.63, 3.8) is 0 Å². The normalized spacial score (nSPS) is 11.9. The van der Waals surface area contributed by atoms with Gasteiger partial charge in [-0.3, -0.25) is 14.9 Å². The van der Waals surface area contributed by atoms with Crippen LogP contribution in [0.2, 0.25) is 10.0 Å². The van der Waals surface area contributed by atoms with Gasteiger partial charge in [-0.2, -0.15) is 0 Å². The molecule has 1 atom stereocenters. The number of allylic oxidation sites excluding steroid dienone is 1. The summed E-state index contributed by atoms with van der Waals surface area (Å²) in [4.78, 5) is 23.5. The molecule has 1 aromatic heterocycles. The van der Waals surface area contributed by atoms with Gasteiger partial charge in [0, 0.05) is 29.5 Å². The van der Waals surface area contributed by atoms with Gasteiger partial charge in [0.25, 0.3) is 11.6 Å². The molecule has 1 amide bonds. The van der Waals surface area contributed by atoms with Crippen LogP contribution in [-0.2, 0) is 12.3 Å². The zero-order chi connectivity index (χ0) is 25.5. The van der Waals surface area contributed by atoms with Crippen molar-refractivity contribution in [2.45, 2.75) is 43.8 Å². The lowest BCUT2D eigenvalue weighted by atomic mass is 10.0. The monoisotopic (exact) mass is 533 g/mol. The standard InChI is InChI=1S/C24H25Cl2N5O3S/c1-4-11-30-22(28-29-24(30)35-14-16-5-8-18(9-6-16)31(33)34)21(12-15(2)3)27-23(32)19-10-7-17(25)13-20(19)26/h4-10,13,15,21H,1,11-12,14H2,2-3H3,(H,27,32)/t21-/m1/s1. The lowest BCUT2D eigenvalue weighted by Crippen LogP contribution is -2.32. The van der Waals surface area contributed by atoms with E-state index < -0.39 is 11.0 Å². The van der Waals surface area contributed by atoms with Crippen molar-refractivity contribution in [3.05, 3.63) is 92.2 Å². The van der Waals surface area contributed by atoms with E-state index in [0.29, 0.717) is 40.3 Å². The number of non-ortho nitro benzene ring substituents is 1. The van der Waals surface area contributed by atoms with Gasteiger partial charge in [-0.25, -0.2) is 0 Å². The molecule has 0 aliphatic heterocycles. The Morgan fingerprint density at radius 1 is 1.23 bits per heavy atom. The maximum Gasteiger partial charge on any atom is 0.269 e. The predicted molar refractivity (Wildman–Crippen MR) is 139 cm³/mol. The number of nitro groups is 1. The smallest absolute Gasteiger partial charge is 0.269 e. The van der Waals surface area contributed by atoms with E-state index in [4.69, 9.17) is 23.2 Å². The summed E-state index contributed by atoms with van der Waals surface area (Å²) in [6, 6.07) is 10.7. The number of nitro benzene ring substituents is 1. The number of rotatable bonds is 11. The van der Waals surface area contributed by atoms with Gasteiger partial charge < -0.3 is 9.88 Å². The molecule has 0 radical (unpaired) electrons. The Morgan fingerprint density at radius 3 is 2.54 bits per heavy atom. The fourth-order valence-electron chi connectivity index (χ4n) is 3.44. The maximum absolute atomic E-state index is 13.0. The van der Waals surface area contributed by atoms with Crippen LogP contribution >= 0.6 is 35.0 Å². The number of nitrogens with zero attached hydrogens (tertiary/aromatic N) is 4. The van der Waals surface area contributed by atoms with Crippen LogP contribution in [-0.4, -0.2) is 25.6 Å². The van der Waals surface area contributed by atoms with Gasteiger partial charge in [-0.05, 0) is 36.1 Å². The van der Waals surface area contributed by atoms with Crippen molar-refractivity contribution in [3.8, 4) is 0 Å². The number of benzene rings is 2. The van der Waals surface area contributed by atoms with E-state index in [0.717, 1.165) is 5.56 Å². The highest BCUT2D eigenvalue weighted by Gasteiger charge is 2.25. The van der Waals surface area contributed by atoms with Crippen LogP contribution in [0.4, 0.5) is 5.69 Å². The first-order chi connectivity index (χ1) is 16.7. The van der Waals surface area contributed by atoms with E-state index in [1.54, 1.807) is 30.3 Å². The van der Waals surface area contributed by atoms with Crippen molar-refractivity contribution in [1.29, 1.82) is 0 Å². The summed E-state index contributed by atoms with van der Waals surface area (Å²) in [5.41, 5.74) is 1.29. The summed E-state index contributed by atoms with van der Waals surface area (Å²) in [6.45, 7) is 8.42. The van der Waals surface area contributed by atoms with Crippen molar-refractivity contribution >= 4 is 46.6 Å². The van der Waals surface area contributed by atoms with Crippen LogP contribution in [0, 0.1) is 16.0 Å². The molecule has 0 unspecified atom stereocenters. The van der Waals surface area contributed by atoms with Crippen LogP contribution in [0.15, 0.2) is 60.3 Å². The highest BCUT2D eigenvalue weighted by molar-refractivity contribution is 7.98. The number of amides is 1. The highest BCUT2D eigenvalue weighted by Crippen LogP contribution is 2.28. The lowest BCUT2D eigenvalue weighted by molar-refractivity contribution is -0.384. The maximum atomic E-state index is 13.0. The third-order valence-corrected chi connectivity index (χ3v) is 6.66. The van der Waals surface area contributed by atoms with Gasteiger partial charge in [0.15, 0.2) is 11.0 Å². The minimum atomic E-state index is -0.426. The Kier molecular flexibility index (Phi) is 9.31. The number of hydrogen-bond acceptors (Lipinski definition) is 6. The second-order valence-electron chi connectivity index (χ2n) is 8.23. The Morgan fingerprint density at radius 2 is 1.94 bits per heavy atom. The zero-order valence-corrected chi connectivity index (χ0v) is 21.6. The number of halogens is 2. The molecule has 0 aliphatic carbocycles. The van der Waals surface area contributed by atoms with Crippen molar-refractivity contribution in [1.82, 2.24) is 20.1 Å². The molecule has 3 rings (SSSR count). The van der Waals surface area contributed by atoms with Gasteiger partial charge in [0.05, 0.1) is 21.6 Å². The number of thioether (sulfide) groups is 1. The predicted octanol–water partition coefficient (Wildman–Crippen LogP) is 6.49. The molecule has 184 valence electrons.